The van der Waals surface area contributed by atoms with Gasteiger partial charge in [0, 0.05) is 12.1 Å². The fourth-order valence-corrected chi connectivity index (χ4v) is 1.66. The topological polar surface area (TPSA) is 102 Å². The molecule has 0 spiro atoms. The van der Waals surface area contributed by atoms with Gasteiger partial charge in [0.1, 0.15) is 18.4 Å². The average molecular weight is 303 g/mol. The van der Waals surface area contributed by atoms with E-state index in [4.69, 9.17) is 21.4 Å². The van der Waals surface area contributed by atoms with Crippen LogP contribution in [0.15, 0.2) is 18.2 Å². The Morgan fingerprint density at radius 2 is 2.30 bits per heavy atom. The van der Waals surface area contributed by atoms with Crippen molar-refractivity contribution in [3.8, 4) is 5.75 Å². The van der Waals surface area contributed by atoms with Gasteiger partial charge in [-0.3, -0.25) is 14.9 Å². The van der Waals surface area contributed by atoms with E-state index in [-0.39, 0.29) is 23.1 Å². The van der Waals surface area contributed by atoms with Gasteiger partial charge in [-0.05, 0) is 19.0 Å². The van der Waals surface area contributed by atoms with Crippen LogP contribution in [-0.4, -0.2) is 35.2 Å². The van der Waals surface area contributed by atoms with Gasteiger partial charge in [0.25, 0.3) is 5.69 Å². The molecule has 0 fully saturated rings. The number of carbonyl (C=O) groups is 1. The number of hydrogen-bond acceptors (Lipinski definition) is 5. The number of halogens is 1. The van der Waals surface area contributed by atoms with Crippen molar-refractivity contribution in [3.05, 3.63) is 33.3 Å². The lowest BCUT2D eigenvalue weighted by molar-refractivity contribution is -0.384. The molecule has 7 nitrogen and oxygen atoms in total. The van der Waals surface area contributed by atoms with Crippen molar-refractivity contribution < 1.29 is 19.6 Å². The van der Waals surface area contributed by atoms with Crippen molar-refractivity contribution in [3.63, 3.8) is 0 Å². The predicted molar refractivity (Wildman–Crippen MR) is 73.3 cm³/mol. The second kappa shape index (κ2) is 7.66. The summed E-state index contributed by atoms with van der Waals surface area (Å²) in [6, 6.07) is 2.89. The molecule has 1 atom stereocenters. The predicted octanol–water partition coefficient (Wildman–Crippen LogP) is 2.08. The van der Waals surface area contributed by atoms with Crippen LogP contribution in [-0.2, 0) is 4.79 Å². The third kappa shape index (κ3) is 4.67. The Kier molecular flexibility index (Phi) is 6.20. The van der Waals surface area contributed by atoms with E-state index in [1.807, 2.05) is 6.92 Å². The molecular formula is C12H15ClN2O5. The summed E-state index contributed by atoms with van der Waals surface area (Å²) >= 11 is 5.84. The highest BCUT2D eigenvalue weighted by molar-refractivity contribution is 6.32. The average Bonchev–Trinajstić information content (AvgIpc) is 2.39. The number of non-ortho nitro benzene ring substituents is 1. The molecule has 0 aliphatic heterocycles. The van der Waals surface area contributed by atoms with Gasteiger partial charge in [-0.2, -0.15) is 0 Å². The molecule has 0 bridgehead atoms. The number of nitrogens with one attached hydrogen (secondary N) is 1. The summed E-state index contributed by atoms with van der Waals surface area (Å²) in [4.78, 5) is 21.0. The van der Waals surface area contributed by atoms with Gasteiger partial charge in [0.05, 0.1) is 9.95 Å². The molecule has 1 aromatic carbocycles. The second-order valence-corrected chi connectivity index (χ2v) is 4.43. The Hall–Kier alpha value is -1.86. The summed E-state index contributed by atoms with van der Waals surface area (Å²) in [7, 11) is 0. The number of aliphatic carboxylic acids is 1. The minimum atomic E-state index is -1.03. The minimum absolute atomic E-state index is 0.0684. The summed E-state index contributed by atoms with van der Waals surface area (Å²) in [5, 5.41) is 22.4. The number of hydrogen-bond donors (Lipinski definition) is 2. The number of nitrogens with zero attached hydrogens (tertiary/aromatic N) is 1. The lowest BCUT2D eigenvalue weighted by Gasteiger charge is -2.15. The summed E-state index contributed by atoms with van der Waals surface area (Å²) < 4.78 is 5.29. The number of nitro benzene ring substituents is 1. The zero-order valence-electron chi connectivity index (χ0n) is 10.8. The standard InChI is InChI=1S/C12H15ClN2O5/c1-2-5-14-10(12(16)17)7-20-11-4-3-8(15(18)19)6-9(11)13/h3-4,6,10,14H,2,5,7H2,1H3,(H,16,17). The molecule has 0 aliphatic carbocycles. The van der Waals surface area contributed by atoms with E-state index in [0.29, 0.717) is 6.54 Å². The van der Waals surface area contributed by atoms with Crippen LogP contribution in [0.25, 0.3) is 0 Å². The smallest absolute Gasteiger partial charge is 0.324 e. The van der Waals surface area contributed by atoms with Gasteiger partial charge in [-0.1, -0.05) is 18.5 Å². The molecule has 1 aromatic rings. The second-order valence-electron chi connectivity index (χ2n) is 4.03. The molecule has 0 aromatic heterocycles. The Balaban J connectivity index is 2.68. The van der Waals surface area contributed by atoms with Crippen LogP contribution in [0.1, 0.15) is 13.3 Å². The third-order valence-corrected chi connectivity index (χ3v) is 2.77. The molecule has 0 amide bonds. The zero-order valence-corrected chi connectivity index (χ0v) is 11.6. The first-order valence-electron chi connectivity index (χ1n) is 5.98. The van der Waals surface area contributed by atoms with Crippen molar-refractivity contribution in [2.45, 2.75) is 19.4 Å². The number of ether oxygens (including phenoxy) is 1. The molecule has 0 saturated heterocycles. The molecule has 1 unspecified atom stereocenters. The van der Waals surface area contributed by atoms with Crippen molar-refractivity contribution in [1.29, 1.82) is 0 Å². The minimum Gasteiger partial charge on any atom is -0.490 e. The van der Waals surface area contributed by atoms with E-state index in [0.717, 1.165) is 12.5 Å². The fraction of sp³-hybridized carbons (Fsp3) is 0.417. The lowest BCUT2D eigenvalue weighted by Crippen LogP contribution is -2.41. The molecule has 110 valence electrons. The van der Waals surface area contributed by atoms with E-state index in [9.17, 15) is 14.9 Å². The van der Waals surface area contributed by atoms with Crippen LogP contribution in [0.4, 0.5) is 5.69 Å². The van der Waals surface area contributed by atoms with Crippen molar-refractivity contribution in [2.24, 2.45) is 0 Å². The molecule has 0 saturated carbocycles. The number of rotatable bonds is 8. The van der Waals surface area contributed by atoms with Crippen molar-refractivity contribution in [2.75, 3.05) is 13.2 Å². The summed E-state index contributed by atoms with van der Waals surface area (Å²) in [5.41, 5.74) is -0.152. The largest absolute Gasteiger partial charge is 0.490 e. The van der Waals surface area contributed by atoms with Crippen LogP contribution in [0.3, 0.4) is 0 Å². The highest BCUT2D eigenvalue weighted by atomic mass is 35.5. The first kappa shape index (κ1) is 16.2. The van der Waals surface area contributed by atoms with E-state index in [2.05, 4.69) is 5.32 Å². The van der Waals surface area contributed by atoms with Crippen LogP contribution in [0.2, 0.25) is 5.02 Å². The summed E-state index contributed by atoms with van der Waals surface area (Å²) in [6.45, 7) is 2.35. The van der Waals surface area contributed by atoms with Gasteiger partial charge in [0.15, 0.2) is 0 Å². The summed E-state index contributed by atoms with van der Waals surface area (Å²) in [6.07, 6.45) is 0.794. The lowest BCUT2D eigenvalue weighted by atomic mass is 10.3. The number of nitro groups is 1. The maximum absolute atomic E-state index is 11.0. The maximum Gasteiger partial charge on any atom is 0.324 e. The number of carboxylic acids is 1. The van der Waals surface area contributed by atoms with Crippen LogP contribution >= 0.6 is 11.6 Å². The fourth-order valence-electron chi connectivity index (χ4n) is 1.43. The maximum atomic E-state index is 11.0. The molecule has 20 heavy (non-hydrogen) atoms. The zero-order chi connectivity index (χ0) is 15.1. The van der Waals surface area contributed by atoms with E-state index in [1.165, 1.54) is 12.1 Å². The van der Waals surface area contributed by atoms with Gasteiger partial charge >= 0.3 is 5.97 Å². The summed E-state index contributed by atoms with van der Waals surface area (Å²) in [5.74, 6) is -0.821. The van der Waals surface area contributed by atoms with Crippen molar-refractivity contribution >= 4 is 23.3 Å². The highest BCUT2D eigenvalue weighted by Gasteiger charge is 2.18. The highest BCUT2D eigenvalue weighted by Crippen LogP contribution is 2.28. The van der Waals surface area contributed by atoms with Crippen molar-refractivity contribution in [1.82, 2.24) is 5.32 Å². The quantitative estimate of drug-likeness (QED) is 0.563. The Morgan fingerprint density at radius 1 is 1.60 bits per heavy atom. The normalized spacial score (nSPS) is 11.9. The Labute approximate surface area is 120 Å². The molecule has 0 aliphatic rings. The molecule has 0 heterocycles. The van der Waals surface area contributed by atoms with Crippen LogP contribution < -0.4 is 10.1 Å². The molecular weight excluding hydrogens is 288 g/mol. The van der Waals surface area contributed by atoms with Gasteiger partial charge < -0.3 is 15.2 Å². The van der Waals surface area contributed by atoms with Gasteiger partial charge in [-0.25, -0.2) is 0 Å². The van der Waals surface area contributed by atoms with Gasteiger partial charge in [0.2, 0.25) is 0 Å². The monoisotopic (exact) mass is 302 g/mol. The SMILES string of the molecule is CCCNC(COc1ccc([N+](=O)[O-])cc1Cl)C(=O)O. The Bertz CT molecular complexity index is 495. The first-order chi connectivity index (χ1) is 9.45. The molecule has 2 N–H and O–H groups in total. The first-order valence-corrected chi connectivity index (χ1v) is 6.36. The van der Waals surface area contributed by atoms with Crippen LogP contribution in [0, 0.1) is 10.1 Å². The number of carboxylic acid groups (broad SMARTS) is 1. The van der Waals surface area contributed by atoms with E-state index < -0.39 is 16.9 Å². The van der Waals surface area contributed by atoms with E-state index >= 15 is 0 Å². The number of benzene rings is 1. The van der Waals surface area contributed by atoms with Crippen LogP contribution in [0.5, 0.6) is 5.75 Å². The Morgan fingerprint density at radius 3 is 2.80 bits per heavy atom. The molecule has 1 rings (SSSR count). The van der Waals surface area contributed by atoms with E-state index in [1.54, 1.807) is 0 Å². The van der Waals surface area contributed by atoms with Gasteiger partial charge in [-0.15, -0.1) is 0 Å². The third-order valence-electron chi connectivity index (χ3n) is 2.47. The molecule has 0 radical (unpaired) electrons. The molecule has 8 heteroatoms.